The van der Waals surface area contributed by atoms with E-state index >= 15 is 0 Å². The maximum Gasteiger partial charge on any atom is 0.328 e. The van der Waals surface area contributed by atoms with E-state index in [0.717, 1.165) is 22.3 Å². The molecule has 4 aromatic rings. The van der Waals surface area contributed by atoms with Crippen molar-refractivity contribution >= 4 is 29.4 Å². The second kappa shape index (κ2) is 15.4. The van der Waals surface area contributed by atoms with Crippen LogP contribution in [0.1, 0.15) is 41.1 Å². The molecule has 1 fully saturated rings. The number of methoxy groups -OCH3 is 1. The minimum absolute atomic E-state index is 0.0338. The van der Waals surface area contributed by atoms with Gasteiger partial charge >= 0.3 is 12.0 Å². The Morgan fingerprint density at radius 1 is 0.955 bits per heavy atom. The lowest BCUT2D eigenvalue weighted by Crippen LogP contribution is -2.45. The van der Waals surface area contributed by atoms with Crippen molar-refractivity contribution in [1.29, 1.82) is 0 Å². The van der Waals surface area contributed by atoms with E-state index in [1.807, 2.05) is 60.7 Å². The fourth-order valence-electron chi connectivity index (χ4n) is 4.82. The van der Waals surface area contributed by atoms with Gasteiger partial charge in [-0.05, 0) is 34.9 Å². The molecule has 2 heterocycles. The van der Waals surface area contributed by atoms with Crippen LogP contribution in [-0.4, -0.2) is 52.1 Å². The second-order valence-corrected chi connectivity index (χ2v) is 11.2. The van der Waals surface area contributed by atoms with Crippen molar-refractivity contribution in [3.05, 3.63) is 120 Å². The van der Waals surface area contributed by atoms with Gasteiger partial charge in [-0.15, -0.1) is 0 Å². The number of nitrogens with zero attached hydrogens (tertiary/aromatic N) is 2. The molecule has 1 aliphatic heterocycles. The number of carbonyl (C=O) groups excluding carboxylic acids is 2. The molecule has 11 heteroatoms. The van der Waals surface area contributed by atoms with Gasteiger partial charge in [0.15, 0.2) is 11.4 Å². The number of amides is 2. The van der Waals surface area contributed by atoms with E-state index in [-0.39, 0.29) is 18.8 Å². The van der Waals surface area contributed by atoms with E-state index in [0.29, 0.717) is 29.4 Å². The number of ether oxygens (including phenoxy) is 3. The van der Waals surface area contributed by atoms with Crippen LogP contribution in [0.15, 0.2) is 102 Å². The maximum atomic E-state index is 13.0. The van der Waals surface area contributed by atoms with Gasteiger partial charge in [-0.3, -0.25) is 0 Å². The van der Waals surface area contributed by atoms with Gasteiger partial charge in [0.05, 0.1) is 25.9 Å². The summed E-state index contributed by atoms with van der Waals surface area (Å²) >= 11 is 1.51. The number of thioether (sulfide) groups is 1. The zero-order valence-electron chi connectivity index (χ0n) is 24.2. The van der Waals surface area contributed by atoms with Crippen LogP contribution >= 0.6 is 11.8 Å². The van der Waals surface area contributed by atoms with Crippen LogP contribution < -0.4 is 10.6 Å². The van der Waals surface area contributed by atoms with Crippen LogP contribution in [0.2, 0.25) is 0 Å². The third-order valence-corrected chi connectivity index (χ3v) is 8.05. The van der Waals surface area contributed by atoms with Crippen LogP contribution in [0.5, 0.6) is 0 Å². The van der Waals surface area contributed by atoms with Crippen LogP contribution in [0.3, 0.4) is 0 Å². The molecule has 2 amide bonds. The third kappa shape index (κ3) is 8.64. The molecule has 0 spiro atoms. The Bertz CT molecular complexity index is 1510. The molecule has 0 aliphatic carbocycles. The fourth-order valence-corrected chi connectivity index (χ4v) is 5.64. The number of aliphatic hydroxyl groups is 1. The number of esters is 1. The summed E-state index contributed by atoms with van der Waals surface area (Å²) in [5.41, 5.74) is 3.92. The molecular weight excluding hydrogens is 580 g/mol. The number of hydrogen-bond acceptors (Lipinski definition) is 9. The molecule has 0 saturated carbocycles. The van der Waals surface area contributed by atoms with Gasteiger partial charge in [0.1, 0.15) is 6.04 Å². The molecule has 4 atom stereocenters. The molecule has 10 nitrogen and oxygen atoms in total. The highest BCUT2D eigenvalue weighted by molar-refractivity contribution is 7.99. The highest BCUT2D eigenvalue weighted by Gasteiger charge is 2.32. The van der Waals surface area contributed by atoms with Gasteiger partial charge in [0.25, 0.3) is 0 Å². The molecular formula is C33H34N4O6S. The summed E-state index contributed by atoms with van der Waals surface area (Å²) in [5, 5.41) is 15.7. The minimum Gasteiger partial charge on any atom is -0.467 e. The van der Waals surface area contributed by atoms with Crippen molar-refractivity contribution in [3.8, 4) is 0 Å². The van der Waals surface area contributed by atoms with Gasteiger partial charge in [-0.25, -0.2) is 19.6 Å². The smallest absolute Gasteiger partial charge is 0.328 e. The number of benzene rings is 3. The molecule has 4 unspecified atom stereocenters. The third-order valence-electron chi connectivity index (χ3n) is 7.05. The van der Waals surface area contributed by atoms with Gasteiger partial charge in [-0.2, -0.15) is 0 Å². The maximum absolute atomic E-state index is 13.0. The Labute approximate surface area is 260 Å². The van der Waals surface area contributed by atoms with Crippen molar-refractivity contribution in [2.24, 2.45) is 0 Å². The molecule has 3 N–H and O–H groups in total. The monoisotopic (exact) mass is 614 g/mol. The number of nitrogens with one attached hydrogen (secondary N) is 2. The molecule has 1 aromatic heterocycles. The summed E-state index contributed by atoms with van der Waals surface area (Å²) < 4.78 is 17.8. The number of aromatic nitrogens is 2. The van der Waals surface area contributed by atoms with Gasteiger partial charge in [0.2, 0.25) is 0 Å². The molecule has 0 radical (unpaired) electrons. The summed E-state index contributed by atoms with van der Waals surface area (Å²) in [6.07, 6.45) is 3.17. The average Bonchev–Trinajstić information content (AvgIpc) is 3.07. The van der Waals surface area contributed by atoms with Crippen molar-refractivity contribution in [2.75, 3.05) is 18.2 Å². The second-order valence-electron chi connectivity index (χ2n) is 10.2. The van der Waals surface area contributed by atoms with Crippen LogP contribution in [0, 0.1) is 0 Å². The summed E-state index contributed by atoms with van der Waals surface area (Å²) in [4.78, 5) is 34.0. The lowest BCUT2D eigenvalue weighted by Gasteiger charge is -2.36. The molecule has 1 saturated heterocycles. The summed E-state index contributed by atoms with van der Waals surface area (Å²) in [6.45, 7) is -0.0338. The number of carbonyl (C=O) groups is 2. The molecule has 3 aromatic carbocycles. The van der Waals surface area contributed by atoms with E-state index < -0.39 is 24.3 Å². The van der Waals surface area contributed by atoms with Crippen molar-refractivity contribution in [2.45, 2.75) is 49.1 Å². The topological polar surface area (TPSA) is 132 Å². The van der Waals surface area contributed by atoms with Gasteiger partial charge in [0, 0.05) is 42.2 Å². The van der Waals surface area contributed by atoms with E-state index in [1.54, 1.807) is 36.7 Å². The lowest BCUT2D eigenvalue weighted by atomic mass is 10.0. The SMILES string of the molecule is COC(=O)C(Cc1ccccc1)NC(=O)Nc1cccc(C2OC(CSc3ncccn3)CC(c3ccc(CO)cc3)O2)c1. The molecule has 44 heavy (non-hydrogen) atoms. The first-order chi connectivity index (χ1) is 21.5. The van der Waals surface area contributed by atoms with Crippen molar-refractivity contribution in [3.63, 3.8) is 0 Å². The number of hydrogen-bond donors (Lipinski definition) is 3. The molecule has 5 rings (SSSR count). The van der Waals surface area contributed by atoms with Crippen LogP contribution in [0.25, 0.3) is 0 Å². The van der Waals surface area contributed by atoms with Crippen LogP contribution in [-0.2, 0) is 32.0 Å². The molecule has 1 aliphatic rings. The van der Waals surface area contributed by atoms with Gasteiger partial charge in [-0.1, -0.05) is 78.5 Å². The molecule has 0 bridgehead atoms. The number of anilines is 1. The zero-order chi connectivity index (χ0) is 30.7. The van der Waals surface area contributed by atoms with E-state index in [1.165, 1.54) is 18.9 Å². The van der Waals surface area contributed by atoms with Gasteiger partial charge < -0.3 is 30.0 Å². The predicted octanol–water partition coefficient (Wildman–Crippen LogP) is 5.21. The summed E-state index contributed by atoms with van der Waals surface area (Å²) in [7, 11) is 1.29. The van der Waals surface area contributed by atoms with Crippen LogP contribution in [0.4, 0.5) is 10.5 Å². The quantitative estimate of drug-likeness (QED) is 0.118. The average molecular weight is 615 g/mol. The van der Waals surface area contributed by atoms with E-state index in [4.69, 9.17) is 14.2 Å². The zero-order valence-corrected chi connectivity index (χ0v) is 25.0. The normalized spacial score (nSPS) is 18.6. The minimum atomic E-state index is -0.861. The lowest BCUT2D eigenvalue weighted by molar-refractivity contribution is -0.245. The predicted molar refractivity (Wildman–Crippen MR) is 166 cm³/mol. The van der Waals surface area contributed by atoms with E-state index in [2.05, 4.69) is 20.6 Å². The summed E-state index contributed by atoms with van der Waals surface area (Å²) in [6, 6.07) is 24.7. The number of aliphatic hydroxyl groups excluding tert-OH is 1. The Morgan fingerprint density at radius 3 is 2.45 bits per heavy atom. The molecule has 228 valence electrons. The first-order valence-corrected chi connectivity index (χ1v) is 15.2. The Balaban J connectivity index is 1.29. The van der Waals surface area contributed by atoms with Crippen molar-refractivity contribution < 1.29 is 28.9 Å². The number of rotatable bonds is 11. The Morgan fingerprint density at radius 2 is 1.73 bits per heavy atom. The Kier molecular flexibility index (Phi) is 10.9. The fraction of sp³-hybridized carbons (Fsp3) is 0.273. The number of urea groups is 1. The Hall–Kier alpha value is -4.29. The largest absolute Gasteiger partial charge is 0.467 e. The van der Waals surface area contributed by atoms with Crippen molar-refractivity contribution in [1.82, 2.24) is 15.3 Å². The summed E-state index contributed by atoms with van der Waals surface area (Å²) in [5.74, 6) is 0.0795. The first kappa shape index (κ1) is 31.1. The highest BCUT2D eigenvalue weighted by atomic mass is 32.2. The standard InChI is InChI=1S/C33H34N4O6S/c1-41-30(39)28(17-22-7-3-2-4-8-22)37-32(40)36-26-10-5-9-25(18-26)31-42-27(21-44-33-34-15-6-16-35-33)19-29(43-31)24-13-11-23(20-38)12-14-24/h2-16,18,27-29,31,38H,17,19-21H2,1H3,(H2,36,37,40). The highest BCUT2D eigenvalue weighted by Crippen LogP contribution is 2.39. The first-order valence-electron chi connectivity index (χ1n) is 14.2. The van der Waals surface area contributed by atoms with E-state index in [9.17, 15) is 14.7 Å².